The number of hydrogen-bond acceptors (Lipinski definition) is 4. The highest BCUT2D eigenvalue weighted by Crippen LogP contribution is 2.32. The molecule has 20 heavy (non-hydrogen) atoms. The van der Waals surface area contributed by atoms with Crippen molar-refractivity contribution in [1.82, 2.24) is 10.3 Å². The Morgan fingerprint density at radius 2 is 2.05 bits per heavy atom. The number of carbonyl (C=O) groups is 1. The van der Waals surface area contributed by atoms with Crippen LogP contribution in [0.25, 0.3) is 0 Å². The minimum Gasteiger partial charge on any atom is -0.481 e. The molecule has 1 unspecified atom stereocenters. The van der Waals surface area contributed by atoms with Crippen LogP contribution in [0.2, 0.25) is 0 Å². The molecule has 0 saturated heterocycles. The lowest BCUT2D eigenvalue weighted by atomic mass is 9.78. The van der Waals surface area contributed by atoms with Crippen molar-refractivity contribution in [2.24, 2.45) is 5.92 Å². The maximum absolute atomic E-state index is 10.9. The van der Waals surface area contributed by atoms with Gasteiger partial charge in [0.05, 0.1) is 11.5 Å². The van der Waals surface area contributed by atoms with Crippen molar-refractivity contribution in [3.8, 4) is 0 Å². The van der Waals surface area contributed by atoms with E-state index in [-0.39, 0.29) is 12.0 Å². The number of nitrogens with one attached hydrogen (secondary N) is 1. The van der Waals surface area contributed by atoms with Crippen molar-refractivity contribution < 1.29 is 15.0 Å². The maximum atomic E-state index is 10.9. The lowest BCUT2D eigenvalue weighted by Crippen LogP contribution is -2.45. The zero-order chi connectivity index (χ0) is 14.6. The number of carboxylic acid groups (broad SMARTS) is 1. The molecular formula is C15H22N2O3. The van der Waals surface area contributed by atoms with Crippen LogP contribution in [0, 0.1) is 5.92 Å². The number of rotatable bonds is 5. The quantitative estimate of drug-likeness (QED) is 0.764. The summed E-state index contributed by atoms with van der Waals surface area (Å²) in [5.74, 6) is -1.04. The fourth-order valence-electron chi connectivity index (χ4n) is 2.69. The molecule has 3 N–H and O–H groups in total. The largest absolute Gasteiger partial charge is 0.481 e. The van der Waals surface area contributed by atoms with Gasteiger partial charge in [-0.15, -0.1) is 0 Å². The summed E-state index contributed by atoms with van der Waals surface area (Å²) in [4.78, 5) is 14.9. The van der Waals surface area contributed by atoms with E-state index >= 15 is 0 Å². The van der Waals surface area contributed by atoms with Crippen LogP contribution in [-0.2, 0) is 4.79 Å². The summed E-state index contributed by atoms with van der Waals surface area (Å²) in [6, 6.07) is 4.03. The standard InChI is InChI=1S/C15H22N2O3/c1-11(12-4-8-16-9-5-12)17-10-15(20)6-2-13(3-7-15)14(18)19/h4-5,8-9,11,13,17,20H,2-3,6-7,10H2,1H3,(H,18,19). The Bertz CT molecular complexity index is 442. The summed E-state index contributed by atoms with van der Waals surface area (Å²) < 4.78 is 0. The van der Waals surface area contributed by atoms with Crippen molar-refractivity contribution in [3.05, 3.63) is 30.1 Å². The number of aliphatic carboxylic acids is 1. The van der Waals surface area contributed by atoms with Crippen molar-refractivity contribution in [2.45, 2.75) is 44.2 Å². The van der Waals surface area contributed by atoms with Crippen molar-refractivity contribution in [1.29, 1.82) is 0 Å². The molecule has 0 aromatic carbocycles. The molecule has 1 saturated carbocycles. The van der Waals surface area contributed by atoms with E-state index < -0.39 is 11.6 Å². The van der Waals surface area contributed by atoms with Crippen LogP contribution in [0.1, 0.15) is 44.2 Å². The first-order valence-corrected chi connectivity index (χ1v) is 7.09. The van der Waals surface area contributed by atoms with Crippen LogP contribution < -0.4 is 5.32 Å². The monoisotopic (exact) mass is 278 g/mol. The van der Waals surface area contributed by atoms with Crippen LogP contribution in [0.3, 0.4) is 0 Å². The second-order valence-electron chi connectivity index (χ2n) is 5.72. The van der Waals surface area contributed by atoms with E-state index in [1.807, 2.05) is 19.1 Å². The number of nitrogens with zero attached hydrogens (tertiary/aromatic N) is 1. The molecule has 5 heteroatoms. The molecule has 1 aromatic rings. The van der Waals surface area contributed by atoms with Gasteiger partial charge in [-0.2, -0.15) is 0 Å². The highest BCUT2D eigenvalue weighted by atomic mass is 16.4. The van der Waals surface area contributed by atoms with E-state index in [1.54, 1.807) is 12.4 Å². The van der Waals surface area contributed by atoms with Gasteiger partial charge in [0.25, 0.3) is 0 Å². The molecule has 110 valence electrons. The molecule has 1 atom stereocenters. The van der Waals surface area contributed by atoms with E-state index in [0.29, 0.717) is 32.2 Å². The average molecular weight is 278 g/mol. The van der Waals surface area contributed by atoms with E-state index in [1.165, 1.54) is 0 Å². The molecule has 0 radical (unpaired) electrons. The van der Waals surface area contributed by atoms with Gasteiger partial charge in [-0.1, -0.05) is 0 Å². The Balaban J connectivity index is 1.83. The summed E-state index contributed by atoms with van der Waals surface area (Å²) in [5.41, 5.74) is 0.343. The first kappa shape index (κ1) is 14.9. The van der Waals surface area contributed by atoms with Gasteiger partial charge in [-0.3, -0.25) is 9.78 Å². The molecule has 0 aliphatic heterocycles. The topological polar surface area (TPSA) is 82.5 Å². The first-order valence-electron chi connectivity index (χ1n) is 7.09. The van der Waals surface area contributed by atoms with Crippen LogP contribution in [0.15, 0.2) is 24.5 Å². The van der Waals surface area contributed by atoms with E-state index in [4.69, 9.17) is 5.11 Å². The summed E-state index contributed by atoms with van der Waals surface area (Å²) >= 11 is 0. The smallest absolute Gasteiger partial charge is 0.306 e. The SMILES string of the molecule is CC(NCC1(O)CCC(C(=O)O)CC1)c1ccncc1. The fourth-order valence-corrected chi connectivity index (χ4v) is 2.69. The molecule has 1 fully saturated rings. The Kier molecular flexibility index (Phi) is 4.73. The number of pyridine rings is 1. The molecule has 1 heterocycles. The Morgan fingerprint density at radius 1 is 1.45 bits per heavy atom. The number of carboxylic acids is 1. The van der Waals surface area contributed by atoms with Crippen molar-refractivity contribution in [3.63, 3.8) is 0 Å². The van der Waals surface area contributed by atoms with Crippen molar-refractivity contribution in [2.75, 3.05) is 6.54 Å². The van der Waals surface area contributed by atoms with Crippen LogP contribution in [-0.4, -0.2) is 33.3 Å². The van der Waals surface area contributed by atoms with Gasteiger partial charge >= 0.3 is 5.97 Å². The minimum atomic E-state index is -0.784. The lowest BCUT2D eigenvalue weighted by molar-refractivity contribution is -0.144. The second kappa shape index (κ2) is 6.33. The summed E-state index contributed by atoms with van der Waals surface area (Å²) in [7, 11) is 0. The zero-order valence-electron chi connectivity index (χ0n) is 11.7. The Hall–Kier alpha value is -1.46. The van der Waals surface area contributed by atoms with Gasteiger partial charge in [0.2, 0.25) is 0 Å². The minimum absolute atomic E-state index is 0.138. The van der Waals surface area contributed by atoms with E-state index in [0.717, 1.165) is 5.56 Å². The van der Waals surface area contributed by atoms with Crippen LogP contribution in [0.4, 0.5) is 0 Å². The van der Waals surface area contributed by atoms with Gasteiger partial charge < -0.3 is 15.5 Å². The fraction of sp³-hybridized carbons (Fsp3) is 0.600. The Morgan fingerprint density at radius 3 is 2.60 bits per heavy atom. The lowest BCUT2D eigenvalue weighted by Gasteiger charge is -2.35. The molecule has 5 nitrogen and oxygen atoms in total. The van der Waals surface area contributed by atoms with Gasteiger partial charge in [0.1, 0.15) is 0 Å². The van der Waals surface area contributed by atoms with E-state index in [9.17, 15) is 9.90 Å². The van der Waals surface area contributed by atoms with E-state index in [2.05, 4.69) is 10.3 Å². The predicted molar refractivity (Wildman–Crippen MR) is 75.2 cm³/mol. The Labute approximate surface area is 119 Å². The van der Waals surface area contributed by atoms with Crippen LogP contribution >= 0.6 is 0 Å². The summed E-state index contributed by atoms with van der Waals surface area (Å²) in [5, 5.41) is 22.8. The summed E-state index contributed by atoms with van der Waals surface area (Å²) in [6.07, 6.45) is 5.69. The number of aliphatic hydroxyl groups is 1. The third-order valence-corrected chi connectivity index (χ3v) is 4.21. The summed E-state index contributed by atoms with van der Waals surface area (Å²) in [6.45, 7) is 2.53. The van der Waals surface area contributed by atoms with Gasteiger partial charge in [-0.25, -0.2) is 0 Å². The van der Waals surface area contributed by atoms with Crippen molar-refractivity contribution >= 4 is 5.97 Å². The highest BCUT2D eigenvalue weighted by Gasteiger charge is 2.35. The average Bonchev–Trinajstić information content (AvgIpc) is 2.46. The zero-order valence-corrected chi connectivity index (χ0v) is 11.7. The normalized spacial score (nSPS) is 28.0. The highest BCUT2D eigenvalue weighted by molar-refractivity contribution is 5.70. The molecule has 2 rings (SSSR count). The molecule has 1 aliphatic rings. The van der Waals surface area contributed by atoms with Crippen LogP contribution in [0.5, 0.6) is 0 Å². The number of aromatic nitrogens is 1. The maximum Gasteiger partial charge on any atom is 0.306 e. The van der Waals surface area contributed by atoms with Gasteiger partial charge in [-0.05, 0) is 50.3 Å². The van der Waals surface area contributed by atoms with Gasteiger partial charge in [0, 0.05) is 25.0 Å². The molecule has 0 amide bonds. The molecule has 0 spiro atoms. The molecular weight excluding hydrogens is 256 g/mol. The van der Waals surface area contributed by atoms with Gasteiger partial charge in [0.15, 0.2) is 0 Å². The first-order chi connectivity index (χ1) is 9.50. The predicted octanol–water partition coefficient (Wildman–Crippen LogP) is 1.74. The third-order valence-electron chi connectivity index (χ3n) is 4.21. The molecule has 1 aliphatic carbocycles. The molecule has 0 bridgehead atoms. The number of hydrogen-bond donors (Lipinski definition) is 3. The second-order valence-corrected chi connectivity index (χ2v) is 5.72. The molecule has 1 aromatic heterocycles. The third kappa shape index (κ3) is 3.77.